The van der Waals surface area contributed by atoms with E-state index in [2.05, 4.69) is 5.16 Å². The molecule has 12 heavy (non-hydrogen) atoms. The van der Waals surface area contributed by atoms with Crippen LogP contribution in [-0.2, 0) is 0 Å². The van der Waals surface area contributed by atoms with E-state index in [1.807, 2.05) is 13.0 Å². The minimum atomic E-state index is -0.0358. The summed E-state index contributed by atoms with van der Waals surface area (Å²) in [5.74, 6) is 1.44. The Kier molecular flexibility index (Phi) is 1.89. The summed E-state index contributed by atoms with van der Waals surface area (Å²) >= 11 is 0. The van der Waals surface area contributed by atoms with Gasteiger partial charge in [0.05, 0.1) is 11.7 Å². The first-order valence-electron chi connectivity index (χ1n) is 4.49. The third kappa shape index (κ3) is 1.25. The van der Waals surface area contributed by atoms with Crippen molar-refractivity contribution in [3.63, 3.8) is 0 Å². The second-order valence-electron chi connectivity index (χ2n) is 3.57. The lowest BCUT2D eigenvalue weighted by Gasteiger charge is -2.22. The Morgan fingerprint density at radius 3 is 2.83 bits per heavy atom. The van der Waals surface area contributed by atoms with Crippen LogP contribution in [0.25, 0.3) is 0 Å². The maximum absolute atomic E-state index is 5.65. The van der Waals surface area contributed by atoms with Gasteiger partial charge in [-0.2, -0.15) is 0 Å². The first-order valence-corrected chi connectivity index (χ1v) is 4.49. The predicted octanol–water partition coefficient (Wildman–Crippen LogP) is 1.96. The Morgan fingerprint density at radius 1 is 1.67 bits per heavy atom. The molecule has 1 saturated carbocycles. The molecule has 1 aliphatic carbocycles. The van der Waals surface area contributed by atoms with Crippen LogP contribution in [0.4, 0.5) is 0 Å². The number of hydrogen-bond acceptors (Lipinski definition) is 3. The average Bonchev–Trinajstić information content (AvgIpc) is 2.32. The highest BCUT2D eigenvalue weighted by Gasteiger charge is 2.23. The molecule has 3 heteroatoms. The zero-order chi connectivity index (χ0) is 8.55. The lowest BCUT2D eigenvalue weighted by molar-refractivity contribution is 0.339. The van der Waals surface area contributed by atoms with Crippen LogP contribution in [0, 0.1) is 0 Å². The van der Waals surface area contributed by atoms with E-state index in [1.165, 1.54) is 19.3 Å². The molecule has 0 aliphatic heterocycles. The van der Waals surface area contributed by atoms with Gasteiger partial charge in [-0.3, -0.25) is 0 Å². The van der Waals surface area contributed by atoms with Crippen molar-refractivity contribution in [2.75, 3.05) is 0 Å². The van der Waals surface area contributed by atoms with Crippen LogP contribution in [0.15, 0.2) is 10.6 Å². The fraction of sp³-hybridized carbons (Fsp3) is 0.667. The molecule has 0 aromatic carbocycles. The highest BCUT2D eigenvalue weighted by molar-refractivity contribution is 5.14. The quantitative estimate of drug-likeness (QED) is 0.730. The lowest BCUT2D eigenvalue weighted by Crippen LogP contribution is -2.08. The van der Waals surface area contributed by atoms with Crippen molar-refractivity contribution in [2.24, 2.45) is 5.73 Å². The fourth-order valence-electron chi connectivity index (χ4n) is 1.41. The van der Waals surface area contributed by atoms with E-state index >= 15 is 0 Å². The van der Waals surface area contributed by atoms with Gasteiger partial charge in [0.2, 0.25) is 0 Å². The molecule has 1 aliphatic rings. The van der Waals surface area contributed by atoms with Crippen molar-refractivity contribution in [3.05, 3.63) is 17.5 Å². The lowest BCUT2D eigenvalue weighted by atomic mass is 9.83. The number of nitrogens with two attached hydrogens (primary N) is 1. The molecule has 66 valence electrons. The summed E-state index contributed by atoms with van der Waals surface area (Å²) in [5.41, 5.74) is 6.74. The third-order valence-electron chi connectivity index (χ3n) is 2.52. The van der Waals surface area contributed by atoms with E-state index in [1.54, 1.807) is 0 Å². The van der Waals surface area contributed by atoms with Gasteiger partial charge in [0.25, 0.3) is 0 Å². The van der Waals surface area contributed by atoms with Gasteiger partial charge in [0.1, 0.15) is 0 Å². The second kappa shape index (κ2) is 2.90. The summed E-state index contributed by atoms with van der Waals surface area (Å²) in [4.78, 5) is 0. The Morgan fingerprint density at radius 2 is 2.42 bits per heavy atom. The van der Waals surface area contributed by atoms with Crippen LogP contribution in [0.5, 0.6) is 0 Å². The molecule has 1 aromatic heterocycles. The van der Waals surface area contributed by atoms with Gasteiger partial charge in [-0.05, 0) is 19.8 Å². The van der Waals surface area contributed by atoms with Gasteiger partial charge in [-0.1, -0.05) is 11.6 Å². The van der Waals surface area contributed by atoms with Gasteiger partial charge < -0.3 is 10.3 Å². The highest BCUT2D eigenvalue weighted by Crippen LogP contribution is 2.36. The van der Waals surface area contributed by atoms with Crippen LogP contribution in [0.2, 0.25) is 0 Å². The number of aromatic nitrogens is 1. The average molecular weight is 166 g/mol. The van der Waals surface area contributed by atoms with E-state index in [9.17, 15) is 0 Å². The molecule has 2 N–H and O–H groups in total. The SMILES string of the molecule is CC(N)c1cc(C2CCC2)no1. The largest absolute Gasteiger partial charge is 0.359 e. The van der Waals surface area contributed by atoms with Crippen molar-refractivity contribution in [3.8, 4) is 0 Å². The van der Waals surface area contributed by atoms with E-state index in [4.69, 9.17) is 10.3 Å². The molecule has 0 saturated heterocycles. The Labute approximate surface area is 71.9 Å². The van der Waals surface area contributed by atoms with Gasteiger partial charge >= 0.3 is 0 Å². The Hall–Kier alpha value is -0.830. The zero-order valence-electron chi connectivity index (χ0n) is 7.29. The molecule has 1 fully saturated rings. The molecular formula is C9H14N2O. The minimum absolute atomic E-state index is 0.0358. The van der Waals surface area contributed by atoms with E-state index < -0.39 is 0 Å². The van der Waals surface area contributed by atoms with Crippen LogP contribution < -0.4 is 5.73 Å². The maximum Gasteiger partial charge on any atom is 0.153 e. The summed E-state index contributed by atoms with van der Waals surface area (Å²) in [6.45, 7) is 1.91. The molecule has 1 unspecified atom stereocenters. The first kappa shape index (κ1) is 7.80. The summed E-state index contributed by atoms with van der Waals surface area (Å²) in [6, 6.07) is 1.96. The normalized spacial score (nSPS) is 20.5. The van der Waals surface area contributed by atoms with Crippen molar-refractivity contribution in [2.45, 2.75) is 38.1 Å². The van der Waals surface area contributed by atoms with Crippen molar-refractivity contribution in [1.29, 1.82) is 0 Å². The predicted molar refractivity (Wildman–Crippen MR) is 45.7 cm³/mol. The smallest absolute Gasteiger partial charge is 0.153 e. The van der Waals surface area contributed by atoms with E-state index in [0.717, 1.165) is 11.5 Å². The van der Waals surface area contributed by atoms with Crippen molar-refractivity contribution < 1.29 is 4.52 Å². The highest BCUT2D eigenvalue weighted by atomic mass is 16.5. The second-order valence-corrected chi connectivity index (χ2v) is 3.57. The summed E-state index contributed by atoms with van der Waals surface area (Å²) in [6.07, 6.45) is 3.83. The minimum Gasteiger partial charge on any atom is -0.359 e. The Balaban J connectivity index is 2.12. The maximum atomic E-state index is 5.65. The summed E-state index contributed by atoms with van der Waals surface area (Å²) in [5, 5.41) is 4.00. The van der Waals surface area contributed by atoms with Crippen LogP contribution in [0.1, 0.15) is 49.6 Å². The molecule has 0 bridgehead atoms. The molecule has 1 aromatic rings. The zero-order valence-corrected chi connectivity index (χ0v) is 7.29. The monoisotopic (exact) mass is 166 g/mol. The van der Waals surface area contributed by atoms with Crippen molar-refractivity contribution >= 4 is 0 Å². The molecule has 1 atom stereocenters. The standard InChI is InChI=1S/C9H14N2O/c1-6(10)9-5-8(11-12-9)7-3-2-4-7/h5-7H,2-4,10H2,1H3. The van der Waals surface area contributed by atoms with Crippen LogP contribution in [-0.4, -0.2) is 5.16 Å². The Bertz CT molecular complexity index is 263. The molecular weight excluding hydrogens is 152 g/mol. The molecule has 2 rings (SSSR count). The fourth-order valence-corrected chi connectivity index (χ4v) is 1.41. The molecule has 1 heterocycles. The van der Waals surface area contributed by atoms with Crippen LogP contribution >= 0.6 is 0 Å². The topological polar surface area (TPSA) is 52.0 Å². The summed E-state index contributed by atoms with van der Waals surface area (Å²) < 4.78 is 5.11. The van der Waals surface area contributed by atoms with Gasteiger partial charge in [-0.25, -0.2) is 0 Å². The van der Waals surface area contributed by atoms with E-state index in [0.29, 0.717) is 5.92 Å². The van der Waals surface area contributed by atoms with Gasteiger partial charge in [0, 0.05) is 12.0 Å². The number of rotatable bonds is 2. The number of hydrogen-bond donors (Lipinski definition) is 1. The molecule has 0 amide bonds. The van der Waals surface area contributed by atoms with E-state index in [-0.39, 0.29) is 6.04 Å². The number of nitrogens with zero attached hydrogens (tertiary/aromatic N) is 1. The van der Waals surface area contributed by atoms with Gasteiger partial charge in [-0.15, -0.1) is 0 Å². The third-order valence-corrected chi connectivity index (χ3v) is 2.52. The molecule has 3 nitrogen and oxygen atoms in total. The summed E-state index contributed by atoms with van der Waals surface area (Å²) in [7, 11) is 0. The van der Waals surface area contributed by atoms with Crippen LogP contribution in [0.3, 0.4) is 0 Å². The van der Waals surface area contributed by atoms with Gasteiger partial charge in [0.15, 0.2) is 5.76 Å². The molecule has 0 spiro atoms. The van der Waals surface area contributed by atoms with Crippen molar-refractivity contribution in [1.82, 2.24) is 5.16 Å². The molecule has 0 radical (unpaired) electrons. The first-order chi connectivity index (χ1) is 5.77.